The molecule has 0 bridgehead atoms. The lowest BCUT2D eigenvalue weighted by atomic mass is 9.69. The summed E-state index contributed by atoms with van der Waals surface area (Å²) in [7, 11) is 0. The largest absolute Gasteiger partial charge is 0.0728 e. The van der Waals surface area contributed by atoms with Gasteiger partial charge in [-0.3, -0.25) is 0 Å². The van der Waals surface area contributed by atoms with Crippen molar-refractivity contribution in [3.05, 3.63) is 238 Å². The molecule has 12 rings (SSSR count). The molecule has 0 saturated heterocycles. The Morgan fingerprint density at radius 3 is 1.06 bits per heavy atom. The Morgan fingerprint density at radius 1 is 0.278 bits per heavy atom. The number of hydrogen-bond donors (Lipinski definition) is 0. The molecule has 54 heavy (non-hydrogen) atoms. The average Bonchev–Trinajstić information content (AvgIpc) is 3.93. The summed E-state index contributed by atoms with van der Waals surface area (Å²) in [4.78, 5) is 0. The van der Waals surface area contributed by atoms with Crippen molar-refractivity contribution in [2.24, 2.45) is 0 Å². The topological polar surface area (TPSA) is 0 Å². The number of benzene rings is 8. The van der Waals surface area contributed by atoms with Gasteiger partial charge in [0.25, 0.3) is 0 Å². The minimum absolute atomic E-state index is 0.189. The first kappa shape index (κ1) is 31.3. The third kappa shape index (κ3) is 3.78. The highest BCUT2D eigenvalue weighted by atomic mass is 14.5. The van der Waals surface area contributed by atoms with Crippen LogP contribution in [0.4, 0.5) is 0 Å². The van der Waals surface area contributed by atoms with E-state index in [1.54, 1.807) is 0 Å². The molecule has 0 fully saturated rings. The highest BCUT2D eigenvalue weighted by Crippen LogP contribution is 2.64. The number of rotatable bonds is 2. The number of hydrogen-bond acceptors (Lipinski definition) is 0. The zero-order chi connectivity index (χ0) is 36.0. The van der Waals surface area contributed by atoms with Crippen LogP contribution >= 0.6 is 0 Å². The molecule has 256 valence electrons. The van der Waals surface area contributed by atoms with Crippen LogP contribution in [0.2, 0.25) is 0 Å². The average molecular weight is 689 g/mol. The maximum absolute atomic E-state index is 2.35. The van der Waals surface area contributed by atoms with E-state index in [4.69, 9.17) is 0 Å². The molecule has 4 aliphatic carbocycles. The molecular formula is C54H40. The standard InChI is InChI=1S/2C27H20/c1-2-18-10-9-14-22-21-13-5-8-17-25(21)27(26(18)22)23-15-6-3-11-19(23)20-12-4-7-16-24(20)27;1-2-18-10-9-17-25-26(18)21-13-5-8-16-24(21)27(25)22-14-6-3-11-19(22)20-12-4-7-15-23(20)27/h2*3-17H,2H2,1H3. The third-order valence-electron chi connectivity index (χ3n) is 13.0. The van der Waals surface area contributed by atoms with Crippen LogP contribution in [0, 0.1) is 0 Å². The Labute approximate surface area is 318 Å². The highest BCUT2D eigenvalue weighted by Gasteiger charge is 2.53. The van der Waals surface area contributed by atoms with Crippen molar-refractivity contribution in [1.29, 1.82) is 0 Å². The van der Waals surface area contributed by atoms with Gasteiger partial charge < -0.3 is 0 Å². The Hall–Kier alpha value is -6.24. The van der Waals surface area contributed by atoms with Gasteiger partial charge in [0.15, 0.2) is 0 Å². The van der Waals surface area contributed by atoms with Crippen molar-refractivity contribution in [1.82, 2.24) is 0 Å². The van der Waals surface area contributed by atoms with E-state index in [1.807, 2.05) is 0 Å². The molecular weight excluding hydrogens is 649 g/mol. The quantitative estimate of drug-likeness (QED) is 0.170. The van der Waals surface area contributed by atoms with Crippen molar-refractivity contribution in [2.75, 3.05) is 0 Å². The van der Waals surface area contributed by atoms with Crippen molar-refractivity contribution in [3.63, 3.8) is 0 Å². The SMILES string of the molecule is CCc1cccc2c1-c1ccccc1C21c2ccccc2-c2ccccc21.CCc1cccc2c1C1(c3ccccc3-c3ccccc31)c1ccccc1-2. The van der Waals surface area contributed by atoms with E-state index in [2.05, 4.69) is 196 Å². The minimum Gasteiger partial charge on any atom is -0.0619 e. The van der Waals surface area contributed by atoms with Crippen LogP contribution in [-0.4, -0.2) is 0 Å². The molecule has 0 radical (unpaired) electrons. The lowest BCUT2D eigenvalue weighted by Gasteiger charge is -2.32. The van der Waals surface area contributed by atoms with Gasteiger partial charge >= 0.3 is 0 Å². The number of aryl methyl sites for hydroxylation is 2. The van der Waals surface area contributed by atoms with Crippen molar-refractivity contribution < 1.29 is 0 Å². The first-order valence-corrected chi connectivity index (χ1v) is 19.6. The Bertz CT molecular complexity index is 2700. The van der Waals surface area contributed by atoms with Crippen LogP contribution in [0.1, 0.15) is 69.5 Å². The summed E-state index contributed by atoms with van der Waals surface area (Å²) in [6.45, 7) is 4.54. The molecule has 0 N–H and O–H groups in total. The normalized spacial score (nSPS) is 14.6. The second-order valence-electron chi connectivity index (χ2n) is 15.2. The second-order valence-corrected chi connectivity index (χ2v) is 15.2. The maximum atomic E-state index is 2.35. The predicted molar refractivity (Wildman–Crippen MR) is 224 cm³/mol. The van der Waals surface area contributed by atoms with Crippen molar-refractivity contribution >= 4 is 0 Å². The van der Waals surface area contributed by atoms with E-state index in [1.165, 1.54) is 100 Å². The van der Waals surface area contributed by atoms with E-state index in [0.29, 0.717) is 0 Å². The van der Waals surface area contributed by atoms with Gasteiger partial charge in [0, 0.05) is 0 Å². The smallest absolute Gasteiger partial charge is 0.0619 e. The maximum Gasteiger partial charge on any atom is 0.0728 e. The molecule has 0 aliphatic heterocycles. The van der Waals surface area contributed by atoms with Gasteiger partial charge in [-0.05, 0) is 113 Å². The van der Waals surface area contributed by atoms with E-state index in [0.717, 1.165) is 12.8 Å². The third-order valence-corrected chi connectivity index (χ3v) is 13.0. The summed E-state index contributed by atoms with van der Waals surface area (Å²) in [5, 5.41) is 0. The van der Waals surface area contributed by atoms with Crippen LogP contribution in [0.3, 0.4) is 0 Å². The van der Waals surface area contributed by atoms with Crippen LogP contribution in [0.5, 0.6) is 0 Å². The molecule has 0 heterocycles. The van der Waals surface area contributed by atoms with Gasteiger partial charge in [-0.25, -0.2) is 0 Å². The zero-order valence-corrected chi connectivity index (χ0v) is 30.7. The van der Waals surface area contributed by atoms with E-state index in [9.17, 15) is 0 Å². The summed E-state index contributed by atoms with van der Waals surface area (Å²) in [5.41, 5.74) is 25.1. The fourth-order valence-corrected chi connectivity index (χ4v) is 11.1. The molecule has 0 nitrogen and oxygen atoms in total. The Kier molecular flexibility index (Phi) is 6.74. The van der Waals surface area contributed by atoms with E-state index < -0.39 is 0 Å². The molecule has 0 saturated carbocycles. The van der Waals surface area contributed by atoms with E-state index in [-0.39, 0.29) is 10.8 Å². The molecule has 0 heteroatoms. The summed E-state index contributed by atoms with van der Waals surface area (Å²) >= 11 is 0. The summed E-state index contributed by atoms with van der Waals surface area (Å²) in [6.07, 6.45) is 2.10. The summed E-state index contributed by atoms with van der Waals surface area (Å²) < 4.78 is 0. The van der Waals surface area contributed by atoms with Crippen LogP contribution in [0.25, 0.3) is 44.5 Å². The molecule has 0 unspecified atom stereocenters. The van der Waals surface area contributed by atoms with Gasteiger partial charge in [-0.1, -0.05) is 196 Å². The molecule has 8 aromatic carbocycles. The molecule has 4 aliphatic rings. The summed E-state index contributed by atoms with van der Waals surface area (Å²) in [6, 6.07) is 67.7. The lowest BCUT2D eigenvalue weighted by molar-refractivity contribution is 0.779. The summed E-state index contributed by atoms with van der Waals surface area (Å²) in [5.74, 6) is 0. The molecule has 0 atom stereocenters. The molecule has 8 aromatic rings. The lowest BCUT2D eigenvalue weighted by Crippen LogP contribution is -2.27. The minimum atomic E-state index is -0.190. The Balaban J connectivity index is 0.000000126. The van der Waals surface area contributed by atoms with Crippen LogP contribution < -0.4 is 0 Å². The predicted octanol–water partition coefficient (Wildman–Crippen LogP) is 13.2. The zero-order valence-electron chi connectivity index (χ0n) is 30.7. The van der Waals surface area contributed by atoms with Gasteiger partial charge in [0.05, 0.1) is 10.8 Å². The molecule has 0 aromatic heterocycles. The fraction of sp³-hybridized carbons (Fsp3) is 0.111. The second kappa shape index (κ2) is 11.6. The van der Waals surface area contributed by atoms with Gasteiger partial charge in [0.1, 0.15) is 0 Å². The van der Waals surface area contributed by atoms with Crippen molar-refractivity contribution in [3.8, 4) is 44.5 Å². The van der Waals surface area contributed by atoms with Crippen LogP contribution in [-0.2, 0) is 23.7 Å². The highest BCUT2D eigenvalue weighted by molar-refractivity contribution is 5.97. The fourth-order valence-electron chi connectivity index (χ4n) is 11.1. The molecule has 0 amide bonds. The Morgan fingerprint density at radius 2 is 0.593 bits per heavy atom. The molecule has 2 spiro atoms. The first-order chi connectivity index (χ1) is 26.7. The van der Waals surface area contributed by atoms with Gasteiger partial charge in [-0.15, -0.1) is 0 Å². The number of fused-ring (bicyclic) bond motifs is 20. The monoisotopic (exact) mass is 688 g/mol. The van der Waals surface area contributed by atoms with Crippen molar-refractivity contribution in [2.45, 2.75) is 37.5 Å². The van der Waals surface area contributed by atoms with Gasteiger partial charge in [0.2, 0.25) is 0 Å². The van der Waals surface area contributed by atoms with Crippen LogP contribution in [0.15, 0.2) is 182 Å². The van der Waals surface area contributed by atoms with Gasteiger partial charge in [-0.2, -0.15) is 0 Å². The van der Waals surface area contributed by atoms with E-state index >= 15 is 0 Å². The first-order valence-electron chi connectivity index (χ1n) is 19.6.